The van der Waals surface area contributed by atoms with Gasteiger partial charge >= 0.3 is 0 Å². The van der Waals surface area contributed by atoms with E-state index in [2.05, 4.69) is 9.97 Å². The number of ketones is 1. The maximum Gasteiger partial charge on any atom is 0.202 e. The number of halogens is 1. The second-order valence-corrected chi connectivity index (χ2v) is 3.60. The number of hydrogen-bond acceptors (Lipinski definition) is 2. The van der Waals surface area contributed by atoms with Crippen LogP contribution >= 0.6 is 11.6 Å². The van der Waals surface area contributed by atoms with Crippen LogP contribution in [0.4, 0.5) is 0 Å². The summed E-state index contributed by atoms with van der Waals surface area (Å²) in [5.41, 5.74) is 0.931. The molecule has 0 radical (unpaired) electrons. The van der Waals surface area contributed by atoms with Gasteiger partial charge in [-0.1, -0.05) is 23.7 Å². The van der Waals surface area contributed by atoms with Gasteiger partial charge in [-0.3, -0.25) is 4.79 Å². The molecule has 1 N–H and O–H groups in total. The Labute approximate surface area is 92.1 Å². The van der Waals surface area contributed by atoms with Crippen LogP contribution in [-0.4, -0.2) is 15.8 Å². The van der Waals surface area contributed by atoms with Crippen molar-refractivity contribution in [1.82, 2.24) is 9.97 Å². The average molecular weight is 221 g/mol. The maximum atomic E-state index is 11.6. The summed E-state index contributed by atoms with van der Waals surface area (Å²) in [5, 5.41) is 0.671. The van der Waals surface area contributed by atoms with Crippen molar-refractivity contribution in [3.8, 4) is 0 Å². The predicted octanol–water partition coefficient (Wildman–Crippen LogP) is 2.49. The monoisotopic (exact) mass is 220 g/mol. The summed E-state index contributed by atoms with van der Waals surface area (Å²) in [5.74, 6) is 0.368. The van der Waals surface area contributed by atoms with Crippen molar-refractivity contribution in [2.45, 2.75) is 6.42 Å². The molecule has 3 nitrogen and oxygen atoms in total. The fourth-order valence-corrected chi connectivity index (χ4v) is 1.42. The molecular formula is C11H9ClN2O. The van der Waals surface area contributed by atoms with Gasteiger partial charge in [0.1, 0.15) is 0 Å². The minimum absolute atomic E-state index is 0.0256. The maximum absolute atomic E-state index is 11.6. The Kier molecular flexibility index (Phi) is 2.83. The zero-order valence-electron chi connectivity index (χ0n) is 7.90. The highest BCUT2D eigenvalue weighted by Gasteiger charge is 2.08. The summed E-state index contributed by atoms with van der Waals surface area (Å²) in [6.45, 7) is 0. The van der Waals surface area contributed by atoms with Gasteiger partial charge in [-0.25, -0.2) is 4.98 Å². The topological polar surface area (TPSA) is 45.8 Å². The van der Waals surface area contributed by atoms with Crippen molar-refractivity contribution in [3.63, 3.8) is 0 Å². The van der Waals surface area contributed by atoms with Gasteiger partial charge in [0.25, 0.3) is 0 Å². The summed E-state index contributed by atoms with van der Waals surface area (Å²) in [6, 6.07) is 7.21. The summed E-state index contributed by atoms with van der Waals surface area (Å²) < 4.78 is 0. The van der Waals surface area contributed by atoms with Gasteiger partial charge in [0.2, 0.25) is 5.78 Å². The van der Waals surface area contributed by atoms with E-state index in [1.54, 1.807) is 24.5 Å². The van der Waals surface area contributed by atoms with Crippen LogP contribution in [0.2, 0.25) is 5.02 Å². The lowest BCUT2D eigenvalue weighted by molar-refractivity contribution is 0.0984. The second-order valence-electron chi connectivity index (χ2n) is 3.16. The molecule has 0 aliphatic carbocycles. The number of hydrogen-bond donors (Lipinski definition) is 1. The van der Waals surface area contributed by atoms with Gasteiger partial charge in [-0.05, 0) is 17.7 Å². The fraction of sp³-hybridized carbons (Fsp3) is 0.0909. The lowest BCUT2D eigenvalue weighted by Gasteiger charge is -1.98. The molecule has 0 saturated heterocycles. The van der Waals surface area contributed by atoms with Crippen molar-refractivity contribution in [1.29, 1.82) is 0 Å². The number of carbonyl (C=O) groups excluding carboxylic acids is 1. The molecule has 1 aromatic heterocycles. The molecule has 15 heavy (non-hydrogen) atoms. The quantitative estimate of drug-likeness (QED) is 0.808. The first-order valence-electron chi connectivity index (χ1n) is 4.53. The number of H-pyrrole nitrogens is 1. The van der Waals surface area contributed by atoms with Crippen LogP contribution in [-0.2, 0) is 6.42 Å². The van der Waals surface area contributed by atoms with Crippen molar-refractivity contribution >= 4 is 17.4 Å². The zero-order chi connectivity index (χ0) is 10.7. The molecule has 4 heteroatoms. The number of nitrogens with zero attached hydrogens (tertiary/aromatic N) is 1. The minimum atomic E-state index is -0.0256. The highest BCUT2D eigenvalue weighted by Crippen LogP contribution is 2.11. The van der Waals surface area contributed by atoms with Crippen LogP contribution in [0.25, 0.3) is 0 Å². The van der Waals surface area contributed by atoms with E-state index in [1.807, 2.05) is 12.1 Å². The smallest absolute Gasteiger partial charge is 0.202 e. The second kappa shape index (κ2) is 4.28. The molecule has 1 heterocycles. The van der Waals surface area contributed by atoms with Crippen LogP contribution in [0.3, 0.4) is 0 Å². The molecule has 2 aromatic rings. The molecule has 0 unspecified atom stereocenters. The summed E-state index contributed by atoms with van der Waals surface area (Å²) >= 11 is 5.74. The number of benzene rings is 1. The molecule has 1 aromatic carbocycles. The number of aromatic nitrogens is 2. The summed E-state index contributed by atoms with van der Waals surface area (Å²) in [7, 11) is 0. The summed E-state index contributed by atoms with van der Waals surface area (Å²) in [4.78, 5) is 18.3. The molecular weight excluding hydrogens is 212 g/mol. The van der Waals surface area contributed by atoms with E-state index >= 15 is 0 Å². The molecule has 0 aliphatic rings. The molecule has 0 aliphatic heterocycles. The van der Waals surface area contributed by atoms with Crippen molar-refractivity contribution in [2.24, 2.45) is 0 Å². The number of nitrogens with one attached hydrogen (secondary N) is 1. The fourth-order valence-electron chi connectivity index (χ4n) is 1.29. The van der Waals surface area contributed by atoms with Gasteiger partial charge in [0, 0.05) is 23.8 Å². The molecule has 0 spiro atoms. The first-order valence-corrected chi connectivity index (χ1v) is 4.90. The Morgan fingerprint density at radius 2 is 2.07 bits per heavy atom. The molecule has 0 amide bonds. The van der Waals surface area contributed by atoms with Crippen LogP contribution in [0, 0.1) is 0 Å². The van der Waals surface area contributed by atoms with E-state index in [-0.39, 0.29) is 5.78 Å². The van der Waals surface area contributed by atoms with Crippen LogP contribution in [0.1, 0.15) is 16.2 Å². The number of imidazole rings is 1. The lowest BCUT2D eigenvalue weighted by atomic mass is 10.1. The molecule has 0 atom stereocenters. The van der Waals surface area contributed by atoms with E-state index in [9.17, 15) is 4.79 Å². The van der Waals surface area contributed by atoms with Gasteiger partial charge in [0.15, 0.2) is 5.82 Å². The van der Waals surface area contributed by atoms with Crippen molar-refractivity contribution < 1.29 is 4.79 Å². The molecule has 0 fully saturated rings. The number of carbonyl (C=O) groups is 1. The Bertz CT molecular complexity index is 448. The van der Waals surface area contributed by atoms with E-state index < -0.39 is 0 Å². The Morgan fingerprint density at radius 3 is 2.67 bits per heavy atom. The van der Waals surface area contributed by atoms with Gasteiger partial charge in [0.05, 0.1) is 0 Å². The van der Waals surface area contributed by atoms with Crippen molar-refractivity contribution in [2.75, 3.05) is 0 Å². The number of aromatic amines is 1. The summed E-state index contributed by atoms with van der Waals surface area (Å²) in [6.07, 6.45) is 3.54. The predicted molar refractivity (Wildman–Crippen MR) is 58.1 cm³/mol. The van der Waals surface area contributed by atoms with Crippen LogP contribution in [0.15, 0.2) is 36.7 Å². The Hall–Kier alpha value is -1.61. The third-order valence-electron chi connectivity index (χ3n) is 2.04. The normalized spacial score (nSPS) is 10.2. The zero-order valence-corrected chi connectivity index (χ0v) is 8.66. The Morgan fingerprint density at radius 1 is 1.33 bits per heavy atom. The van der Waals surface area contributed by atoms with E-state index in [0.29, 0.717) is 17.3 Å². The SMILES string of the molecule is O=C(Cc1ccc(Cl)cc1)c1ncc[nH]1. The lowest BCUT2D eigenvalue weighted by Crippen LogP contribution is -2.05. The molecule has 0 saturated carbocycles. The molecule has 2 rings (SSSR count). The van der Waals surface area contributed by atoms with E-state index in [0.717, 1.165) is 5.56 Å². The highest BCUT2D eigenvalue weighted by molar-refractivity contribution is 6.30. The van der Waals surface area contributed by atoms with Crippen LogP contribution in [0.5, 0.6) is 0 Å². The van der Waals surface area contributed by atoms with E-state index in [1.165, 1.54) is 0 Å². The first kappa shape index (κ1) is 9.93. The minimum Gasteiger partial charge on any atom is -0.342 e. The highest BCUT2D eigenvalue weighted by atomic mass is 35.5. The van der Waals surface area contributed by atoms with Crippen LogP contribution < -0.4 is 0 Å². The first-order chi connectivity index (χ1) is 7.25. The molecule has 0 bridgehead atoms. The van der Waals surface area contributed by atoms with Gasteiger partial charge in [-0.15, -0.1) is 0 Å². The standard InChI is InChI=1S/C11H9ClN2O/c12-9-3-1-8(2-4-9)7-10(15)11-13-5-6-14-11/h1-6H,7H2,(H,13,14). The van der Waals surface area contributed by atoms with Gasteiger partial charge in [-0.2, -0.15) is 0 Å². The van der Waals surface area contributed by atoms with Gasteiger partial charge < -0.3 is 4.98 Å². The Balaban J connectivity index is 2.09. The largest absolute Gasteiger partial charge is 0.342 e. The van der Waals surface area contributed by atoms with E-state index in [4.69, 9.17) is 11.6 Å². The molecule has 76 valence electrons. The average Bonchev–Trinajstić information content (AvgIpc) is 2.74. The third kappa shape index (κ3) is 2.44. The third-order valence-corrected chi connectivity index (χ3v) is 2.29. The van der Waals surface area contributed by atoms with Crippen molar-refractivity contribution in [3.05, 3.63) is 53.1 Å². The number of rotatable bonds is 3. The number of Topliss-reactive ketones (excluding diaryl/α,β-unsaturated/α-hetero) is 1.